The maximum Gasteiger partial charge on any atom is 0.329 e. The van der Waals surface area contributed by atoms with Gasteiger partial charge in [-0.05, 0) is 19.3 Å². The summed E-state index contributed by atoms with van der Waals surface area (Å²) in [6.07, 6.45) is 1.61. The van der Waals surface area contributed by atoms with Gasteiger partial charge in [-0.15, -0.1) is 0 Å². The molecular weight excluding hydrogens is 208 g/mol. The van der Waals surface area contributed by atoms with Gasteiger partial charge in [-0.3, -0.25) is 0 Å². The van der Waals surface area contributed by atoms with E-state index < -0.39 is 11.5 Å². The Kier molecular flexibility index (Phi) is 5.85. The third-order valence-corrected chi connectivity index (χ3v) is 2.87. The Hall–Kier alpha value is -1.26. The van der Waals surface area contributed by atoms with Gasteiger partial charge in [0, 0.05) is 13.6 Å². The zero-order valence-electron chi connectivity index (χ0n) is 10.5. The van der Waals surface area contributed by atoms with Crippen LogP contribution in [0.4, 0.5) is 4.79 Å². The van der Waals surface area contributed by atoms with E-state index in [2.05, 4.69) is 5.32 Å². The monoisotopic (exact) mass is 230 g/mol. The molecule has 0 spiro atoms. The van der Waals surface area contributed by atoms with Crippen molar-refractivity contribution in [3.8, 4) is 0 Å². The van der Waals surface area contributed by atoms with Crippen LogP contribution in [0, 0.1) is 0 Å². The van der Waals surface area contributed by atoms with Crippen LogP contribution in [-0.2, 0) is 4.79 Å². The van der Waals surface area contributed by atoms with Gasteiger partial charge in [0.2, 0.25) is 0 Å². The first kappa shape index (κ1) is 14.7. The van der Waals surface area contributed by atoms with Crippen molar-refractivity contribution in [2.24, 2.45) is 0 Å². The zero-order chi connectivity index (χ0) is 12.8. The Balaban J connectivity index is 4.64. The first-order chi connectivity index (χ1) is 7.43. The molecule has 0 saturated heterocycles. The van der Waals surface area contributed by atoms with E-state index in [4.69, 9.17) is 5.11 Å². The molecule has 0 aliphatic rings. The van der Waals surface area contributed by atoms with Gasteiger partial charge < -0.3 is 15.3 Å². The Bertz CT molecular complexity index is 250. The fraction of sp³-hybridized carbons (Fsp3) is 0.818. The molecule has 0 fully saturated rings. The SMILES string of the molecule is CCCN(C)C(=O)NC(CC)(CC)C(=O)O. The largest absolute Gasteiger partial charge is 0.480 e. The van der Waals surface area contributed by atoms with E-state index in [0.29, 0.717) is 19.4 Å². The van der Waals surface area contributed by atoms with Crippen LogP contribution >= 0.6 is 0 Å². The van der Waals surface area contributed by atoms with Crippen molar-refractivity contribution in [1.82, 2.24) is 10.2 Å². The van der Waals surface area contributed by atoms with Crippen LogP contribution in [0.2, 0.25) is 0 Å². The second kappa shape index (κ2) is 6.35. The number of nitrogens with zero attached hydrogens (tertiary/aromatic N) is 1. The van der Waals surface area contributed by atoms with Crippen molar-refractivity contribution < 1.29 is 14.7 Å². The molecule has 94 valence electrons. The normalized spacial score (nSPS) is 11.0. The third kappa shape index (κ3) is 3.40. The predicted molar refractivity (Wildman–Crippen MR) is 62.4 cm³/mol. The summed E-state index contributed by atoms with van der Waals surface area (Å²) >= 11 is 0. The lowest BCUT2D eigenvalue weighted by Gasteiger charge is -2.30. The number of hydrogen-bond acceptors (Lipinski definition) is 2. The first-order valence-electron chi connectivity index (χ1n) is 5.70. The molecule has 0 unspecified atom stereocenters. The van der Waals surface area contributed by atoms with Crippen molar-refractivity contribution in [2.45, 2.75) is 45.6 Å². The molecule has 5 nitrogen and oxygen atoms in total. The number of nitrogens with one attached hydrogen (secondary N) is 1. The highest BCUT2D eigenvalue weighted by atomic mass is 16.4. The molecule has 0 aromatic carbocycles. The third-order valence-electron chi connectivity index (χ3n) is 2.87. The molecule has 0 saturated carbocycles. The highest BCUT2D eigenvalue weighted by Gasteiger charge is 2.36. The van der Waals surface area contributed by atoms with Crippen molar-refractivity contribution >= 4 is 12.0 Å². The number of carboxylic acid groups (broad SMARTS) is 1. The van der Waals surface area contributed by atoms with Crippen molar-refractivity contribution in [1.29, 1.82) is 0 Å². The lowest BCUT2D eigenvalue weighted by molar-refractivity contribution is -0.144. The molecule has 0 bridgehead atoms. The van der Waals surface area contributed by atoms with Gasteiger partial charge in [0.25, 0.3) is 0 Å². The summed E-state index contributed by atoms with van der Waals surface area (Å²) in [5, 5.41) is 11.8. The van der Waals surface area contributed by atoms with E-state index >= 15 is 0 Å². The standard InChI is InChI=1S/C11H22N2O3/c1-5-8-13(4)10(16)12-11(6-2,7-3)9(14)15/h5-8H2,1-4H3,(H,12,16)(H,14,15). The Morgan fingerprint density at radius 3 is 2.06 bits per heavy atom. The Morgan fingerprint density at radius 2 is 1.75 bits per heavy atom. The summed E-state index contributed by atoms with van der Waals surface area (Å²) in [6.45, 7) is 6.11. The molecule has 0 radical (unpaired) electrons. The van der Waals surface area contributed by atoms with Crippen LogP contribution in [0.3, 0.4) is 0 Å². The second-order valence-electron chi connectivity index (χ2n) is 3.95. The zero-order valence-corrected chi connectivity index (χ0v) is 10.5. The summed E-state index contributed by atoms with van der Waals surface area (Å²) in [5.74, 6) is -0.976. The number of hydrogen-bond donors (Lipinski definition) is 2. The first-order valence-corrected chi connectivity index (χ1v) is 5.70. The van der Waals surface area contributed by atoms with Crippen molar-refractivity contribution in [2.75, 3.05) is 13.6 Å². The van der Waals surface area contributed by atoms with Gasteiger partial charge in [0.1, 0.15) is 5.54 Å². The van der Waals surface area contributed by atoms with Crippen molar-refractivity contribution in [3.05, 3.63) is 0 Å². The molecule has 2 N–H and O–H groups in total. The molecule has 5 heteroatoms. The molecule has 0 aromatic heterocycles. The van der Waals surface area contributed by atoms with E-state index in [1.165, 1.54) is 4.90 Å². The molecule has 0 aliphatic carbocycles. The molecule has 0 aromatic rings. The van der Waals surface area contributed by atoms with Crippen LogP contribution < -0.4 is 5.32 Å². The average molecular weight is 230 g/mol. The van der Waals surface area contributed by atoms with E-state index in [1.54, 1.807) is 20.9 Å². The van der Waals surface area contributed by atoms with Crippen LogP contribution in [0.15, 0.2) is 0 Å². The van der Waals surface area contributed by atoms with Crippen molar-refractivity contribution in [3.63, 3.8) is 0 Å². The molecule has 0 aliphatic heterocycles. The fourth-order valence-corrected chi connectivity index (χ4v) is 1.52. The minimum absolute atomic E-state index is 0.326. The predicted octanol–water partition coefficient (Wildman–Crippen LogP) is 1.68. The van der Waals surface area contributed by atoms with E-state index in [1.807, 2.05) is 6.92 Å². The molecule has 0 rings (SSSR count). The average Bonchev–Trinajstić information content (AvgIpc) is 2.25. The summed E-state index contributed by atoms with van der Waals surface area (Å²) in [7, 11) is 1.66. The lowest BCUT2D eigenvalue weighted by Crippen LogP contribution is -2.56. The fourth-order valence-electron chi connectivity index (χ4n) is 1.52. The van der Waals surface area contributed by atoms with Crippen LogP contribution in [0.5, 0.6) is 0 Å². The summed E-state index contributed by atoms with van der Waals surface area (Å²) in [5.41, 5.74) is -1.14. The number of rotatable bonds is 6. The summed E-state index contributed by atoms with van der Waals surface area (Å²) in [6, 6.07) is -0.326. The van der Waals surface area contributed by atoms with Crippen LogP contribution in [-0.4, -0.2) is 41.1 Å². The Labute approximate surface area is 96.8 Å². The van der Waals surface area contributed by atoms with E-state index in [0.717, 1.165) is 6.42 Å². The smallest absolute Gasteiger partial charge is 0.329 e. The molecule has 0 heterocycles. The van der Waals surface area contributed by atoms with E-state index in [9.17, 15) is 9.59 Å². The van der Waals surface area contributed by atoms with Gasteiger partial charge >= 0.3 is 12.0 Å². The van der Waals surface area contributed by atoms with Gasteiger partial charge in [0.15, 0.2) is 0 Å². The minimum atomic E-state index is -1.14. The second-order valence-corrected chi connectivity index (χ2v) is 3.95. The van der Waals surface area contributed by atoms with Gasteiger partial charge in [0.05, 0.1) is 0 Å². The number of amides is 2. The maximum atomic E-state index is 11.7. The van der Waals surface area contributed by atoms with Gasteiger partial charge in [-0.1, -0.05) is 20.8 Å². The van der Waals surface area contributed by atoms with E-state index in [-0.39, 0.29) is 6.03 Å². The molecule has 2 amide bonds. The molecular formula is C11H22N2O3. The van der Waals surface area contributed by atoms with Crippen LogP contribution in [0.1, 0.15) is 40.0 Å². The van der Waals surface area contributed by atoms with Crippen LogP contribution in [0.25, 0.3) is 0 Å². The minimum Gasteiger partial charge on any atom is -0.480 e. The number of urea groups is 1. The highest BCUT2D eigenvalue weighted by Crippen LogP contribution is 2.15. The van der Waals surface area contributed by atoms with Gasteiger partial charge in [-0.2, -0.15) is 0 Å². The lowest BCUT2D eigenvalue weighted by atomic mass is 9.93. The Morgan fingerprint density at radius 1 is 1.25 bits per heavy atom. The maximum absolute atomic E-state index is 11.7. The number of carboxylic acids is 1. The van der Waals surface area contributed by atoms with Gasteiger partial charge in [-0.25, -0.2) is 9.59 Å². The quantitative estimate of drug-likeness (QED) is 0.729. The highest BCUT2D eigenvalue weighted by molar-refractivity contribution is 5.86. The number of carbonyl (C=O) groups excluding carboxylic acids is 1. The number of aliphatic carboxylic acids is 1. The number of carbonyl (C=O) groups is 2. The topological polar surface area (TPSA) is 69.6 Å². The summed E-state index contributed by atoms with van der Waals surface area (Å²) < 4.78 is 0. The molecule has 0 atom stereocenters. The molecule has 16 heavy (non-hydrogen) atoms. The summed E-state index contributed by atoms with van der Waals surface area (Å²) in [4.78, 5) is 24.4.